The second-order valence-electron chi connectivity index (χ2n) is 4.29. The van der Waals surface area contributed by atoms with E-state index in [9.17, 15) is 9.59 Å². The van der Waals surface area contributed by atoms with Crippen molar-refractivity contribution >= 4 is 11.8 Å². The average Bonchev–Trinajstić information content (AvgIpc) is 2.68. The summed E-state index contributed by atoms with van der Waals surface area (Å²) in [6.07, 6.45) is 4.51. The summed E-state index contributed by atoms with van der Waals surface area (Å²) in [7, 11) is 1.91. The first-order valence-electron chi connectivity index (χ1n) is 5.65. The summed E-state index contributed by atoms with van der Waals surface area (Å²) in [6.45, 7) is 1.95. The molecular formula is C11H16N4O2. The Morgan fingerprint density at radius 1 is 1.59 bits per heavy atom. The van der Waals surface area contributed by atoms with Crippen LogP contribution in [0.1, 0.15) is 31.6 Å². The van der Waals surface area contributed by atoms with Crippen LogP contribution >= 0.6 is 0 Å². The topological polar surface area (TPSA) is 76.0 Å². The van der Waals surface area contributed by atoms with Crippen LogP contribution < -0.4 is 10.6 Å². The molecule has 2 N–H and O–H groups in total. The Labute approximate surface area is 99.4 Å². The monoisotopic (exact) mass is 236 g/mol. The Balaban J connectivity index is 1.99. The van der Waals surface area contributed by atoms with Crippen LogP contribution in [0.4, 0.5) is 0 Å². The van der Waals surface area contributed by atoms with Crippen LogP contribution in [-0.4, -0.2) is 27.4 Å². The van der Waals surface area contributed by atoms with Crippen LogP contribution in [0.2, 0.25) is 0 Å². The van der Waals surface area contributed by atoms with Gasteiger partial charge in [0.05, 0.1) is 12.1 Å². The third-order valence-electron chi connectivity index (χ3n) is 2.94. The number of hydrogen-bond donors (Lipinski definition) is 2. The van der Waals surface area contributed by atoms with Gasteiger partial charge in [-0.3, -0.25) is 20.2 Å². The van der Waals surface area contributed by atoms with Crippen molar-refractivity contribution in [3.8, 4) is 0 Å². The summed E-state index contributed by atoms with van der Waals surface area (Å²) in [4.78, 5) is 26.8. The van der Waals surface area contributed by atoms with E-state index in [-0.39, 0.29) is 23.9 Å². The highest BCUT2D eigenvalue weighted by Gasteiger charge is 2.28. The number of imide groups is 1. The third-order valence-corrected chi connectivity index (χ3v) is 2.94. The molecule has 1 aliphatic heterocycles. The average molecular weight is 236 g/mol. The number of imidazole rings is 1. The molecular weight excluding hydrogens is 220 g/mol. The van der Waals surface area contributed by atoms with Crippen LogP contribution in [0.25, 0.3) is 0 Å². The lowest BCUT2D eigenvalue weighted by atomic mass is 10.1. The lowest BCUT2D eigenvalue weighted by molar-refractivity contribution is -0.134. The van der Waals surface area contributed by atoms with Crippen molar-refractivity contribution in [1.29, 1.82) is 0 Å². The molecule has 2 amide bonds. The fourth-order valence-corrected chi connectivity index (χ4v) is 2.02. The van der Waals surface area contributed by atoms with Crippen molar-refractivity contribution in [3.05, 3.63) is 18.2 Å². The van der Waals surface area contributed by atoms with Gasteiger partial charge < -0.3 is 4.57 Å². The highest BCUT2D eigenvalue weighted by Crippen LogP contribution is 2.13. The van der Waals surface area contributed by atoms with Crippen LogP contribution in [0, 0.1) is 0 Å². The van der Waals surface area contributed by atoms with Crippen molar-refractivity contribution in [1.82, 2.24) is 20.2 Å². The molecule has 0 bridgehead atoms. The van der Waals surface area contributed by atoms with Crippen molar-refractivity contribution in [2.75, 3.05) is 0 Å². The van der Waals surface area contributed by atoms with E-state index < -0.39 is 0 Å². The molecule has 0 saturated carbocycles. The Hall–Kier alpha value is -1.69. The molecule has 1 aromatic heterocycles. The Bertz CT molecular complexity index is 440. The van der Waals surface area contributed by atoms with E-state index in [1.165, 1.54) is 0 Å². The van der Waals surface area contributed by atoms with Crippen LogP contribution in [0.5, 0.6) is 0 Å². The van der Waals surface area contributed by atoms with Gasteiger partial charge in [0.2, 0.25) is 11.8 Å². The lowest BCUT2D eigenvalue weighted by Crippen LogP contribution is -2.51. The molecule has 1 saturated heterocycles. The number of piperidine rings is 1. The SMILES string of the molecule is CC(NC1CCC(=O)NC1=O)c1nccn1C. The molecule has 2 atom stereocenters. The van der Waals surface area contributed by atoms with E-state index in [1.807, 2.05) is 24.7 Å². The Morgan fingerprint density at radius 2 is 2.35 bits per heavy atom. The van der Waals surface area contributed by atoms with Crippen LogP contribution in [0.3, 0.4) is 0 Å². The normalized spacial score (nSPS) is 22.4. The molecule has 1 fully saturated rings. The number of nitrogens with zero attached hydrogens (tertiary/aromatic N) is 2. The highest BCUT2D eigenvalue weighted by molar-refractivity contribution is 6.00. The molecule has 6 heteroatoms. The molecule has 1 aromatic rings. The van der Waals surface area contributed by atoms with Gasteiger partial charge in [-0.15, -0.1) is 0 Å². The summed E-state index contributed by atoms with van der Waals surface area (Å²) in [5.74, 6) is 0.426. The zero-order chi connectivity index (χ0) is 12.4. The summed E-state index contributed by atoms with van der Waals surface area (Å²) >= 11 is 0. The third kappa shape index (κ3) is 2.52. The Morgan fingerprint density at radius 3 is 2.94 bits per heavy atom. The van der Waals surface area contributed by atoms with Crippen molar-refractivity contribution in [2.24, 2.45) is 7.05 Å². The number of carbonyl (C=O) groups excluding carboxylic acids is 2. The molecule has 1 aliphatic rings. The van der Waals surface area contributed by atoms with E-state index in [4.69, 9.17) is 0 Å². The number of amides is 2. The second-order valence-corrected chi connectivity index (χ2v) is 4.29. The van der Waals surface area contributed by atoms with Gasteiger partial charge >= 0.3 is 0 Å². The van der Waals surface area contributed by atoms with Gasteiger partial charge in [-0.25, -0.2) is 4.98 Å². The minimum Gasteiger partial charge on any atom is -0.337 e. The number of hydrogen-bond acceptors (Lipinski definition) is 4. The fourth-order valence-electron chi connectivity index (χ4n) is 2.02. The van der Waals surface area contributed by atoms with Gasteiger partial charge in [0.1, 0.15) is 5.82 Å². The van der Waals surface area contributed by atoms with Gasteiger partial charge in [0, 0.05) is 25.9 Å². The number of nitrogens with one attached hydrogen (secondary N) is 2. The van der Waals surface area contributed by atoms with Crippen molar-refractivity contribution in [2.45, 2.75) is 31.8 Å². The Kier molecular flexibility index (Phi) is 3.23. The van der Waals surface area contributed by atoms with E-state index in [0.29, 0.717) is 12.8 Å². The predicted octanol–water partition coefficient (Wildman–Crippen LogP) is -0.124. The molecule has 2 rings (SSSR count). The lowest BCUT2D eigenvalue weighted by Gasteiger charge is -2.25. The van der Waals surface area contributed by atoms with E-state index in [1.54, 1.807) is 6.20 Å². The van der Waals surface area contributed by atoms with Gasteiger partial charge in [-0.2, -0.15) is 0 Å². The van der Waals surface area contributed by atoms with Gasteiger partial charge in [-0.1, -0.05) is 0 Å². The molecule has 2 unspecified atom stereocenters. The fraction of sp³-hybridized carbons (Fsp3) is 0.545. The molecule has 92 valence electrons. The first-order chi connectivity index (χ1) is 8.08. The summed E-state index contributed by atoms with van der Waals surface area (Å²) in [5.41, 5.74) is 0. The molecule has 6 nitrogen and oxygen atoms in total. The standard InChI is InChI=1S/C11H16N4O2/c1-7(10-12-5-6-15(10)2)13-8-3-4-9(16)14-11(8)17/h5-8,13H,3-4H2,1-2H3,(H,14,16,17). The predicted molar refractivity (Wildman–Crippen MR) is 60.9 cm³/mol. The first-order valence-corrected chi connectivity index (χ1v) is 5.65. The largest absolute Gasteiger partial charge is 0.337 e. The minimum atomic E-state index is -0.320. The van der Waals surface area contributed by atoms with Gasteiger partial charge in [0.15, 0.2) is 0 Å². The number of rotatable bonds is 3. The van der Waals surface area contributed by atoms with E-state index in [0.717, 1.165) is 5.82 Å². The maximum absolute atomic E-state index is 11.6. The zero-order valence-corrected chi connectivity index (χ0v) is 9.93. The van der Waals surface area contributed by atoms with Crippen LogP contribution in [-0.2, 0) is 16.6 Å². The summed E-state index contributed by atoms with van der Waals surface area (Å²) < 4.78 is 1.91. The quantitative estimate of drug-likeness (QED) is 0.717. The maximum atomic E-state index is 11.6. The smallest absolute Gasteiger partial charge is 0.243 e. The molecule has 0 spiro atoms. The molecule has 0 aromatic carbocycles. The molecule has 17 heavy (non-hydrogen) atoms. The summed E-state index contributed by atoms with van der Waals surface area (Å²) in [5, 5.41) is 5.51. The van der Waals surface area contributed by atoms with Crippen molar-refractivity contribution in [3.63, 3.8) is 0 Å². The number of carbonyl (C=O) groups is 2. The van der Waals surface area contributed by atoms with Gasteiger partial charge in [0.25, 0.3) is 0 Å². The van der Waals surface area contributed by atoms with Gasteiger partial charge in [-0.05, 0) is 13.3 Å². The van der Waals surface area contributed by atoms with E-state index in [2.05, 4.69) is 15.6 Å². The number of aromatic nitrogens is 2. The summed E-state index contributed by atoms with van der Waals surface area (Å²) in [6, 6.07) is -0.349. The first kappa shape index (κ1) is 11.8. The van der Waals surface area contributed by atoms with Crippen molar-refractivity contribution < 1.29 is 9.59 Å². The molecule has 0 radical (unpaired) electrons. The second kappa shape index (κ2) is 4.67. The van der Waals surface area contributed by atoms with E-state index >= 15 is 0 Å². The molecule has 2 heterocycles. The number of aryl methyl sites for hydroxylation is 1. The van der Waals surface area contributed by atoms with Crippen LogP contribution in [0.15, 0.2) is 12.4 Å². The zero-order valence-electron chi connectivity index (χ0n) is 9.93. The minimum absolute atomic E-state index is 0.0287. The molecule has 0 aliphatic carbocycles. The maximum Gasteiger partial charge on any atom is 0.243 e. The highest BCUT2D eigenvalue weighted by atomic mass is 16.2.